The van der Waals surface area contributed by atoms with Gasteiger partial charge >= 0.3 is 0 Å². The topological polar surface area (TPSA) is 85.8 Å². The molecular formula is C13H14FN5O. The molecular weight excluding hydrogens is 261 g/mol. The molecule has 20 heavy (non-hydrogen) atoms. The number of hydrogen-bond acceptors (Lipinski definition) is 4. The maximum absolute atomic E-state index is 14.0. The molecule has 2 aromatic rings. The number of halogens is 1. The average molecular weight is 275 g/mol. The first-order chi connectivity index (χ1) is 9.64. The van der Waals surface area contributed by atoms with Crippen LogP contribution in [0.25, 0.3) is 5.69 Å². The number of amides is 1. The van der Waals surface area contributed by atoms with Crippen LogP contribution in [0.15, 0.2) is 30.9 Å². The van der Waals surface area contributed by atoms with Crippen molar-refractivity contribution >= 4 is 11.6 Å². The van der Waals surface area contributed by atoms with Gasteiger partial charge < -0.3 is 11.1 Å². The minimum Gasteiger partial charge on any atom is -0.329 e. The molecule has 0 aliphatic heterocycles. The molecule has 1 fully saturated rings. The smallest absolute Gasteiger partial charge is 0.231 e. The lowest BCUT2D eigenvalue weighted by molar-refractivity contribution is -0.120. The number of aromatic nitrogens is 3. The number of carbonyl (C=O) groups excluding carboxylic acids is 1. The molecule has 0 radical (unpaired) electrons. The van der Waals surface area contributed by atoms with Crippen molar-refractivity contribution in [2.24, 2.45) is 11.1 Å². The van der Waals surface area contributed by atoms with Gasteiger partial charge in [0.25, 0.3) is 0 Å². The predicted octanol–water partition coefficient (Wildman–Crippen LogP) is 1.08. The Bertz CT molecular complexity index is 636. The predicted molar refractivity (Wildman–Crippen MR) is 70.7 cm³/mol. The molecule has 1 aromatic carbocycles. The number of rotatable bonds is 4. The SMILES string of the molecule is NCC1(C(=O)Nc2ccc(-n3cncn3)c(F)c2)CC1. The van der Waals surface area contributed by atoms with Gasteiger partial charge in [0.15, 0.2) is 5.82 Å². The Labute approximate surface area is 114 Å². The fraction of sp³-hybridized carbons (Fsp3) is 0.308. The summed E-state index contributed by atoms with van der Waals surface area (Å²) in [7, 11) is 0. The lowest BCUT2D eigenvalue weighted by Gasteiger charge is -2.13. The molecule has 1 amide bonds. The summed E-state index contributed by atoms with van der Waals surface area (Å²) in [6.45, 7) is 0.318. The van der Waals surface area contributed by atoms with E-state index in [2.05, 4.69) is 15.4 Å². The van der Waals surface area contributed by atoms with E-state index in [0.717, 1.165) is 12.8 Å². The Hall–Kier alpha value is -2.28. The Balaban J connectivity index is 1.79. The standard InChI is InChI=1S/C13H14FN5O/c14-10-5-9(18-12(20)13(6-15)3-4-13)1-2-11(10)19-8-16-7-17-19/h1-2,5,7-8H,3-4,6,15H2,(H,18,20). The van der Waals surface area contributed by atoms with E-state index in [1.807, 2.05) is 0 Å². The van der Waals surface area contributed by atoms with Crippen LogP contribution in [-0.2, 0) is 4.79 Å². The third kappa shape index (κ3) is 2.16. The quantitative estimate of drug-likeness (QED) is 0.874. The lowest BCUT2D eigenvalue weighted by Crippen LogP contribution is -2.30. The molecule has 7 heteroatoms. The fourth-order valence-electron chi connectivity index (χ4n) is 2.04. The molecule has 3 rings (SSSR count). The minimum absolute atomic E-state index is 0.145. The first-order valence-electron chi connectivity index (χ1n) is 6.31. The van der Waals surface area contributed by atoms with Gasteiger partial charge in [-0.1, -0.05) is 0 Å². The highest BCUT2D eigenvalue weighted by Gasteiger charge is 2.48. The van der Waals surface area contributed by atoms with Gasteiger partial charge in [0.05, 0.1) is 5.41 Å². The minimum atomic E-state index is -0.481. The van der Waals surface area contributed by atoms with Crippen LogP contribution in [0, 0.1) is 11.2 Å². The van der Waals surface area contributed by atoms with Crippen molar-refractivity contribution in [3.05, 3.63) is 36.7 Å². The number of nitrogens with zero attached hydrogens (tertiary/aromatic N) is 3. The van der Waals surface area contributed by atoms with Gasteiger partial charge in [0, 0.05) is 12.2 Å². The highest BCUT2D eigenvalue weighted by molar-refractivity contribution is 5.97. The second-order valence-corrected chi connectivity index (χ2v) is 4.94. The Morgan fingerprint density at radius 3 is 2.85 bits per heavy atom. The highest BCUT2D eigenvalue weighted by atomic mass is 19.1. The van der Waals surface area contributed by atoms with Crippen LogP contribution in [-0.4, -0.2) is 27.2 Å². The lowest BCUT2D eigenvalue weighted by atomic mass is 10.1. The molecule has 0 saturated heterocycles. The molecule has 1 aliphatic rings. The van der Waals surface area contributed by atoms with Crippen LogP contribution in [0.2, 0.25) is 0 Å². The number of nitrogens with two attached hydrogens (primary N) is 1. The van der Waals surface area contributed by atoms with Crippen LogP contribution in [0.3, 0.4) is 0 Å². The van der Waals surface area contributed by atoms with Crippen molar-refractivity contribution in [2.45, 2.75) is 12.8 Å². The van der Waals surface area contributed by atoms with Crippen LogP contribution < -0.4 is 11.1 Å². The normalized spacial score (nSPS) is 15.9. The van der Waals surface area contributed by atoms with Crippen molar-refractivity contribution in [1.29, 1.82) is 0 Å². The van der Waals surface area contributed by atoms with E-state index >= 15 is 0 Å². The summed E-state index contributed by atoms with van der Waals surface area (Å²) in [5.74, 6) is -0.626. The summed E-state index contributed by atoms with van der Waals surface area (Å²) in [5, 5.41) is 6.57. The monoisotopic (exact) mass is 275 g/mol. The summed E-state index contributed by atoms with van der Waals surface area (Å²) < 4.78 is 15.3. The number of anilines is 1. The molecule has 0 unspecified atom stereocenters. The third-order valence-electron chi connectivity index (χ3n) is 3.60. The maximum atomic E-state index is 14.0. The Morgan fingerprint density at radius 2 is 2.30 bits per heavy atom. The second-order valence-electron chi connectivity index (χ2n) is 4.94. The van der Waals surface area contributed by atoms with Gasteiger partial charge in [-0.2, -0.15) is 5.10 Å². The van der Waals surface area contributed by atoms with Crippen molar-refractivity contribution < 1.29 is 9.18 Å². The zero-order valence-corrected chi connectivity index (χ0v) is 10.7. The number of carbonyl (C=O) groups is 1. The van der Waals surface area contributed by atoms with E-state index in [1.165, 1.54) is 23.4 Å². The van der Waals surface area contributed by atoms with Gasteiger partial charge in [-0.3, -0.25) is 4.79 Å². The van der Waals surface area contributed by atoms with Crippen LogP contribution in [0.4, 0.5) is 10.1 Å². The maximum Gasteiger partial charge on any atom is 0.231 e. The van der Waals surface area contributed by atoms with Crippen LogP contribution >= 0.6 is 0 Å². The first-order valence-corrected chi connectivity index (χ1v) is 6.31. The summed E-state index contributed by atoms with van der Waals surface area (Å²) in [4.78, 5) is 15.8. The highest BCUT2D eigenvalue weighted by Crippen LogP contribution is 2.45. The summed E-state index contributed by atoms with van der Waals surface area (Å²) >= 11 is 0. The van der Waals surface area contributed by atoms with Gasteiger partial charge in [-0.05, 0) is 31.0 Å². The summed E-state index contributed by atoms with van der Waals surface area (Å²) in [5.41, 5.74) is 5.82. The third-order valence-corrected chi connectivity index (χ3v) is 3.60. The molecule has 1 aliphatic carbocycles. The molecule has 0 bridgehead atoms. The summed E-state index contributed by atoms with van der Waals surface area (Å²) in [6.07, 6.45) is 4.31. The first kappa shape index (κ1) is 12.7. The largest absolute Gasteiger partial charge is 0.329 e. The molecule has 1 aromatic heterocycles. The van der Waals surface area contributed by atoms with Crippen molar-refractivity contribution in [3.8, 4) is 5.69 Å². The van der Waals surface area contributed by atoms with Crippen LogP contribution in [0.1, 0.15) is 12.8 Å². The number of benzene rings is 1. The summed E-state index contributed by atoms with van der Waals surface area (Å²) in [6, 6.07) is 4.44. The zero-order chi connectivity index (χ0) is 14.2. The van der Waals surface area contributed by atoms with Gasteiger partial charge in [-0.15, -0.1) is 0 Å². The molecule has 6 nitrogen and oxygen atoms in total. The van der Waals surface area contributed by atoms with Gasteiger partial charge in [0.1, 0.15) is 18.3 Å². The van der Waals surface area contributed by atoms with Gasteiger partial charge in [0.2, 0.25) is 5.91 Å². The second kappa shape index (κ2) is 4.68. The number of hydrogen-bond donors (Lipinski definition) is 2. The van der Waals surface area contributed by atoms with Crippen molar-refractivity contribution in [2.75, 3.05) is 11.9 Å². The van der Waals surface area contributed by atoms with E-state index in [0.29, 0.717) is 12.2 Å². The Kier molecular flexibility index (Phi) is 2.98. The van der Waals surface area contributed by atoms with E-state index in [-0.39, 0.29) is 11.6 Å². The van der Waals surface area contributed by atoms with Gasteiger partial charge in [-0.25, -0.2) is 14.1 Å². The molecule has 0 atom stereocenters. The van der Waals surface area contributed by atoms with Crippen LogP contribution in [0.5, 0.6) is 0 Å². The molecule has 104 valence electrons. The fourth-order valence-corrected chi connectivity index (χ4v) is 2.04. The van der Waals surface area contributed by atoms with E-state index in [1.54, 1.807) is 12.1 Å². The van der Waals surface area contributed by atoms with E-state index in [4.69, 9.17) is 5.73 Å². The zero-order valence-electron chi connectivity index (χ0n) is 10.7. The van der Waals surface area contributed by atoms with E-state index in [9.17, 15) is 9.18 Å². The average Bonchev–Trinajstić information content (AvgIpc) is 3.07. The molecule has 1 heterocycles. The van der Waals surface area contributed by atoms with E-state index < -0.39 is 11.2 Å². The van der Waals surface area contributed by atoms with Crippen molar-refractivity contribution in [1.82, 2.24) is 14.8 Å². The molecule has 0 spiro atoms. The molecule has 3 N–H and O–H groups in total. The number of nitrogens with one attached hydrogen (secondary N) is 1. The van der Waals surface area contributed by atoms with Crippen molar-refractivity contribution in [3.63, 3.8) is 0 Å². The Morgan fingerprint density at radius 1 is 1.50 bits per heavy atom. The molecule has 1 saturated carbocycles.